The second-order valence-corrected chi connectivity index (χ2v) is 7.63. The number of carbonyl (C=O) groups excluding carboxylic acids is 3. The lowest BCUT2D eigenvalue weighted by atomic mass is 10.1. The number of benzene rings is 2. The number of nitrogens with one attached hydrogen (secondary N) is 2. The molecule has 0 aliphatic heterocycles. The highest BCUT2D eigenvalue weighted by molar-refractivity contribution is 6.35. The van der Waals surface area contributed by atoms with Crippen molar-refractivity contribution < 1.29 is 23.9 Å². The first-order chi connectivity index (χ1) is 14.3. The molecule has 9 heteroatoms. The number of hydrogen-bond donors (Lipinski definition) is 2. The fourth-order valence-corrected chi connectivity index (χ4v) is 2.98. The van der Waals surface area contributed by atoms with Crippen molar-refractivity contribution >= 4 is 46.7 Å². The van der Waals surface area contributed by atoms with Gasteiger partial charge in [0.2, 0.25) is 0 Å². The number of para-hydroxylation sites is 1. The molecule has 0 heterocycles. The largest absolute Gasteiger partial charge is 0.477 e. The minimum absolute atomic E-state index is 0.192. The van der Waals surface area contributed by atoms with E-state index in [2.05, 4.69) is 10.6 Å². The first-order valence-corrected chi connectivity index (χ1v) is 10.1. The summed E-state index contributed by atoms with van der Waals surface area (Å²) >= 11 is 11.8. The number of carbonyl (C=O) groups is 3. The Morgan fingerprint density at radius 2 is 1.87 bits per heavy atom. The molecule has 2 aromatic rings. The van der Waals surface area contributed by atoms with E-state index in [9.17, 15) is 14.4 Å². The van der Waals surface area contributed by atoms with Crippen LogP contribution in [0.5, 0.6) is 5.75 Å². The van der Waals surface area contributed by atoms with Crippen LogP contribution in [-0.4, -0.2) is 36.5 Å². The van der Waals surface area contributed by atoms with Crippen LogP contribution in [0, 0.1) is 0 Å². The molecule has 1 saturated carbocycles. The van der Waals surface area contributed by atoms with Crippen LogP contribution in [0.15, 0.2) is 42.5 Å². The van der Waals surface area contributed by atoms with Crippen LogP contribution in [0.2, 0.25) is 10.0 Å². The highest BCUT2D eigenvalue weighted by Crippen LogP contribution is 2.28. The van der Waals surface area contributed by atoms with Crippen molar-refractivity contribution in [1.82, 2.24) is 5.32 Å². The maximum atomic E-state index is 12.3. The van der Waals surface area contributed by atoms with Crippen LogP contribution < -0.4 is 15.4 Å². The fourth-order valence-electron chi connectivity index (χ4n) is 2.53. The molecule has 1 fully saturated rings. The fraction of sp³-hybridized carbons (Fsp3) is 0.286. The van der Waals surface area contributed by atoms with Gasteiger partial charge in [-0.05, 0) is 50.1 Å². The number of hydrogen-bond acceptors (Lipinski definition) is 5. The molecule has 30 heavy (non-hydrogen) atoms. The lowest BCUT2D eigenvalue weighted by molar-refractivity contribution is -0.153. The molecule has 0 spiro atoms. The Labute approximate surface area is 183 Å². The molecule has 0 saturated heterocycles. The second-order valence-electron chi connectivity index (χ2n) is 6.78. The van der Waals surface area contributed by atoms with Gasteiger partial charge in [-0.15, -0.1) is 0 Å². The minimum atomic E-state index is -0.993. The van der Waals surface area contributed by atoms with Gasteiger partial charge in [0.25, 0.3) is 11.8 Å². The summed E-state index contributed by atoms with van der Waals surface area (Å²) in [5.74, 6) is -1.31. The Hall–Kier alpha value is -2.77. The third-order valence-electron chi connectivity index (χ3n) is 4.23. The summed E-state index contributed by atoms with van der Waals surface area (Å²) in [6.07, 6.45) is 0.920. The van der Waals surface area contributed by atoms with Gasteiger partial charge in [-0.2, -0.15) is 0 Å². The Bertz CT molecular complexity index is 962. The van der Waals surface area contributed by atoms with E-state index in [1.54, 1.807) is 30.3 Å². The molecule has 2 amide bonds. The molecule has 3 rings (SSSR count). The smallest absolute Gasteiger partial charge is 0.347 e. The average Bonchev–Trinajstić information content (AvgIpc) is 3.52. The van der Waals surface area contributed by atoms with Crippen LogP contribution in [0.1, 0.15) is 30.1 Å². The van der Waals surface area contributed by atoms with Gasteiger partial charge in [-0.1, -0.05) is 35.3 Å². The van der Waals surface area contributed by atoms with Crippen LogP contribution in [-0.2, 0) is 14.3 Å². The van der Waals surface area contributed by atoms with Gasteiger partial charge in [-0.25, -0.2) is 4.79 Å². The van der Waals surface area contributed by atoms with E-state index < -0.39 is 24.6 Å². The Kier molecular flexibility index (Phi) is 7.18. The average molecular weight is 451 g/mol. The summed E-state index contributed by atoms with van der Waals surface area (Å²) in [4.78, 5) is 36.6. The van der Waals surface area contributed by atoms with Crippen LogP contribution >= 0.6 is 23.2 Å². The van der Waals surface area contributed by atoms with Gasteiger partial charge < -0.3 is 20.1 Å². The van der Waals surface area contributed by atoms with Gasteiger partial charge in [0.05, 0.1) is 16.3 Å². The van der Waals surface area contributed by atoms with E-state index in [1.165, 1.54) is 19.1 Å². The van der Waals surface area contributed by atoms with Crippen molar-refractivity contribution in [2.24, 2.45) is 0 Å². The van der Waals surface area contributed by atoms with Crippen LogP contribution in [0.25, 0.3) is 0 Å². The molecule has 0 unspecified atom stereocenters. The zero-order valence-electron chi connectivity index (χ0n) is 16.1. The molecular formula is C21H20Cl2N2O5. The highest BCUT2D eigenvalue weighted by Gasteiger charge is 2.25. The molecular weight excluding hydrogens is 431 g/mol. The topological polar surface area (TPSA) is 93.7 Å². The van der Waals surface area contributed by atoms with Crippen molar-refractivity contribution in [1.29, 1.82) is 0 Å². The molecule has 0 radical (unpaired) electrons. The maximum Gasteiger partial charge on any atom is 0.347 e. The molecule has 158 valence electrons. The highest BCUT2D eigenvalue weighted by atomic mass is 35.5. The van der Waals surface area contributed by atoms with Crippen molar-refractivity contribution in [3.05, 3.63) is 58.1 Å². The van der Waals surface area contributed by atoms with Crippen molar-refractivity contribution in [3.63, 3.8) is 0 Å². The monoisotopic (exact) mass is 450 g/mol. The lowest BCUT2D eigenvalue weighted by Crippen LogP contribution is -2.30. The van der Waals surface area contributed by atoms with E-state index in [0.717, 1.165) is 12.8 Å². The predicted octanol–water partition coefficient (Wildman–Crippen LogP) is 3.83. The number of ether oxygens (including phenoxy) is 2. The van der Waals surface area contributed by atoms with E-state index in [0.29, 0.717) is 16.3 Å². The first kappa shape index (κ1) is 21.9. The quantitative estimate of drug-likeness (QED) is 0.595. The van der Waals surface area contributed by atoms with Crippen LogP contribution in [0.3, 0.4) is 0 Å². The van der Waals surface area contributed by atoms with Crippen LogP contribution in [0.4, 0.5) is 5.69 Å². The molecule has 0 aromatic heterocycles. The Balaban J connectivity index is 1.51. The summed E-state index contributed by atoms with van der Waals surface area (Å²) in [5, 5.41) is 6.15. The van der Waals surface area contributed by atoms with Gasteiger partial charge in [-0.3, -0.25) is 9.59 Å². The lowest BCUT2D eigenvalue weighted by Gasteiger charge is -2.15. The van der Waals surface area contributed by atoms with Crippen molar-refractivity contribution in [3.8, 4) is 5.75 Å². The summed E-state index contributed by atoms with van der Waals surface area (Å²) < 4.78 is 10.5. The van der Waals surface area contributed by atoms with E-state index in [1.807, 2.05) is 0 Å². The van der Waals surface area contributed by atoms with Gasteiger partial charge >= 0.3 is 5.97 Å². The zero-order chi connectivity index (χ0) is 21.7. The number of rotatable bonds is 8. The molecule has 2 aromatic carbocycles. The van der Waals surface area contributed by atoms with Gasteiger partial charge in [0, 0.05) is 11.1 Å². The summed E-state index contributed by atoms with van der Waals surface area (Å²) in [5.41, 5.74) is 0.687. The number of esters is 1. The molecule has 1 aliphatic carbocycles. The normalized spacial score (nSPS) is 13.8. The van der Waals surface area contributed by atoms with Crippen molar-refractivity contribution in [2.75, 3.05) is 11.9 Å². The molecule has 0 bridgehead atoms. The molecule has 1 atom stereocenters. The van der Waals surface area contributed by atoms with E-state index >= 15 is 0 Å². The molecule has 2 N–H and O–H groups in total. The summed E-state index contributed by atoms with van der Waals surface area (Å²) in [6.45, 7) is 0.947. The predicted molar refractivity (Wildman–Crippen MR) is 113 cm³/mol. The number of amides is 2. The first-order valence-electron chi connectivity index (χ1n) is 9.31. The number of halogens is 2. The third kappa shape index (κ3) is 6.11. The SMILES string of the molecule is C[C@H](Oc1ccc(Cl)cc1Cl)C(=O)OCC(=O)Nc1ccccc1C(=O)NC1CC1. The second kappa shape index (κ2) is 9.82. The minimum Gasteiger partial charge on any atom is -0.477 e. The Morgan fingerprint density at radius 3 is 2.57 bits per heavy atom. The Morgan fingerprint density at radius 1 is 1.13 bits per heavy atom. The summed E-state index contributed by atoms with van der Waals surface area (Å²) in [7, 11) is 0. The molecule has 1 aliphatic rings. The van der Waals surface area contributed by atoms with Gasteiger partial charge in [0.1, 0.15) is 5.75 Å². The van der Waals surface area contributed by atoms with E-state index in [4.69, 9.17) is 32.7 Å². The summed E-state index contributed by atoms with van der Waals surface area (Å²) in [6, 6.07) is 11.4. The third-order valence-corrected chi connectivity index (χ3v) is 4.76. The van der Waals surface area contributed by atoms with Crippen molar-refractivity contribution in [2.45, 2.75) is 31.9 Å². The zero-order valence-corrected chi connectivity index (χ0v) is 17.6. The van der Waals surface area contributed by atoms with Gasteiger partial charge in [0.15, 0.2) is 12.7 Å². The van der Waals surface area contributed by atoms with E-state index in [-0.39, 0.29) is 22.7 Å². The molecule has 7 nitrogen and oxygen atoms in total. The maximum absolute atomic E-state index is 12.3. The number of anilines is 1. The standard InChI is InChI=1S/C21H20Cl2N2O5/c1-12(30-18-9-6-13(22)10-16(18)23)21(28)29-11-19(26)25-17-5-3-2-4-15(17)20(27)24-14-7-8-14/h2-6,9-10,12,14H,7-8,11H2,1H3,(H,24,27)(H,25,26)/t12-/m0/s1.